The van der Waals surface area contributed by atoms with Crippen molar-refractivity contribution in [2.24, 2.45) is 4.99 Å². The molecule has 0 fully saturated rings. The van der Waals surface area contributed by atoms with Crippen LogP contribution in [0.5, 0.6) is 0 Å². The molecule has 7 nitrogen and oxygen atoms in total. The van der Waals surface area contributed by atoms with Crippen LogP contribution in [0.15, 0.2) is 23.3 Å². The van der Waals surface area contributed by atoms with Gasteiger partial charge in [0.1, 0.15) is 0 Å². The molecule has 0 bridgehead atoms. The average Bonchev–Trinajstić information content (AvgIpc) is 2.45. The molecule has 0 atom stereocenters. The van der Waals surface area contributed by atoms with Gasteiger partial charge in [0.15, 0.2) is 5.84 Å². The van der Waals surface area contributed by atoms with Crippen molar-refractivity contribution in [1.82, 2.24) is 10.3 Å². The Morgan fingerprint density at radius 3 is 3.14 bits per heavy atom. The van der Waals surface area contributed by atoms with Gasteiger partial charge in [0, 0.05) is 22.6 Å². The standard InChI is InChI=1S/C13H17N5O2S/c1-2-5-16-13(9-18(19)20)17-7-8-21-10-12-11(14)4-3-6-15-12/h1,3-4,6H,5,7-10,14H2,(H,16,17). The van der Waals surface area contributed by atoms with Gasteiger partial charge < -0.3 is 11.1 Å². The lowest BCUT2D eigenvalue weighted by Gasteiger charge is -2.04. The predicted molar refractivity (Wildman–Crippen MR) is 85.8 cm³/mol. The van der Waals surface area contributed by atoms with E-state index >= 15 is 0 Å². The molecule has 0 spiro atoms. The molecule has 1 aromatic rings. The zero-order chi connectivity index (χ0) is 15.5. The molecule has 1 rings (SSSR count). The summed E-state index contributed by atoms with van der Waals surface area (Å²) in [5.74, 6) is 4.06. The van der Waals surface area contributed by atoms with E-state index in [-0.39, 0.29) is 13.1 Å². The Balaban J connectivity index is 2.35. The fourth-order valence-corrected chi connectivity index (χ4v) is 2.22. The van der Waals surface area contributed by atoms with Gasteiger partial charge in [-0.1, -0.05) is 5.92 Å². The maximum Gasteiger partial charge on any atom is 0.259 e. The lowest BCUT2D eigenvalue weighted by atomic mass is 10.3. The van der Waals surface area contributed by atoms with Crippen LogP contribution in [0, 0.1) is 22.5 Å². The summed E-state index contributed by atoms with van der Waals surface area (Å²) in [5, 5.41) is 13.2. The second-order valence-electron chi connectivity index (χ2n) is 3.97. The molecule has 0 radical (unpaired) electrons. The number of amidine groups is 1. The molecule has 1 heterocycles. The van der Waals surface area contributed by atoms with Gasteiger partial charge in [0.25, 0.3) is 6.54 Å². The Morgan fingerprint density at radius 2 is 2.48 bits per heavy atom. The van der Waals surface area contributed by atoms with Gasteiger partial charge in [-0.15, -0.1) is 6.42 Å². The first kappa shape index (κ1) is 16.8. The van der Waals surface area contributed by atoms with Crippen LogP contribution in [0.25, 0.3) is 0 Å². The third-order valence-corrected chi connectivity index (χ3v) is 3.32. The number of anilines is 1. The highest BCUT2D eigenvalue weighted by Crippen LogP contribution is 2.15. The number of terminal acetylenes is 1. The summed E-state index contributed by atoms with van der Waals surface area (Å²) in [6.07, 6.45) is 6.80. The van der Waals surface area contributed by atoms with Crippen LogP contribution in [0.1, 0.15) is 5.69 Å². The van der Waals surface area contributed by atoms with Gasteiger partial charge >= 0.3 is 0 Å². The number of nitrogen functional groups attached to an aromatic ring is 1. The van der Waals surface area contributed by atoms with Crippen LogP contribution in [0.3, 0.4) is 0 Å². The summed E-state index contributed by atoms with van der Waals surface area (Å²) >= 11 is 1.62. The minimum Gasteiger partial charge on any atom is -0.397 e. The first-order chi connectivity index (χ1) is 10.1. The van der Waals surface area contributed by atoms with E-state index < -0.39 is 4.92 Å². The number of pyridine rings is 1. The molecule has 0 amide bonds. The van der Waals surface area contributed by atoms with E-state index in [1.54, 1.807) is 30.1 Å². The number of nitro groups is 1. The SMILES string of the molecule is C#CCNC(C[N+](=O)[O-])=NCCSCc1ncccc1N. The minimum atomic E-state index is -0.440. The Kier molecular flexibility index (Phi) is 7.68. The number of aromatic nitrogens is 1. The molecule has 0 aliphatic carbocycles. The number of nitrogens with zero attached hydrogens (tertiary/aromatic N) is 3. The lowest BCUT2D eigenvalue weighted by Crippen LogP contribution is -2.31. The smallest absolute Gasteiger partial charge is 0.259 e. The second kappa shape index (κ2) is 9.61. The van der Waals surface area contributed by atoms with Crippen LogP contribution in [-0.2, 0) is 5.75 Å². The summed E-state index contributed by atoms with van der Waals surface area (Å²) in [7, 11) is 0. The molecule has 112 valence electrons. The summed E-state index contributed by atoms with van der Waals surface area (Å²) in [6.45, 7) is 0.349. The molecule has 0 aromatic carbocycles. The summed E-state index contributed by atoms with van der Waals surface area (Å²) in [4.78, 5) is 18.4. The van der Waals surface area contributed by atoms with Crippen molar-refractivity contribution in [3.63, 3.8) is 0 Å². The predicted octanol–water partition coefficient (Wildman–Crippen LogP) is 0.795. The first-order valence-corrected chi connectivity index (χ1v) is 7.38. The number of hydrogen-bond acceptors (Lipinski definition) is 6. The van der Waals surface area contributed by atoms with Crippen molar-refractivity contribution >= 4 is 23.3 Å². The minimum absolute atomic E-state index is 0.226. The molecule has 0 aliphatic rings. The molecule has 0 saturated heterocycles. The second-order valence-corrected chi connectivity index (χ2v) is 5.07. The summed E-state index contributed by atoms with van der Waals surface area (Å²) < 4.78 is 0. The van der Waals surface area contributed by atoms with Crippen molar-refractivity contribution in [3.05, 3.63) is 34.1 Å². The molecule has 0 aliphatic heterocycles. The zero-order valence-electron chi connectivity index (χ0n) is 11.5. The highest BCUT2D eigenvalue weighted by Gasteiger charge is 2.06. The molecule has 8 heteroatoms. The molecule has 0 unspecified atom stereocenters. The molecule has 0 saturated carbocycles. The number of aliphatic imine (C=N–C) groups is 1. The van der Waals surface area contributed by atoms with Crippen molar-refractivity contribution < 1.29 is 4.92 Å². The fraction of sp³-hybridized carbons (Fsp3) is 0.385. The maximum absolute atomic E-state index is 10.5. The highest BCUT2D eigenvalue weighted by atomic mass is 32.2. The van der Waals surface area contributed by atoms with Crippen molar-refractivity contribution in [2.45, 2.75) is 5.75 Å². The Labute approximate surface area is 127 Å². The van der Waals surface area contributed by atoms with Crippen molar-refractivity contribution in [2.75, 3.05) is 31.1 Å². The zero-order valence-corrected chi connectivity index (χ0v) is 12.3. The molecular formula is C13H17N5O2S. The van der Waals surface area contributed by atoms with E-state index in [0.29, 0.717) is 23.8 Å². The number of hydrogen-bond donors (Lipinski definition) is 2. The summed E-state index contributed by atoms with van der Waals surface area (Å²) in [5.41, 5.74) is 7.29. The number of nitrogens with two attached hydrogens (primary N) is 1. The van der Waals surface area contributed by atoms with E-state index in [2.05, 4.69) is 21.2 Å². The van der Waals surface area contributed by atoms with Crippen LogP contribution in [0.2, 0.25) is 0 Å². The van der Waals surface area contributed by atoms with Crippen LogP contribution >= 0.6 is 11.8 Å². The Morgan fingerprint density at radius 1 is 1.67 bits per heavy atom. The normalized spacial score (nSPS) is 10.9. The third kappa shape index (κ3) is 7.17. The number of nitrogens with one attached hydrogen (secondary N) is 1. The quantitative estimate of drug-likeness (QED) is 0.184. The molecule has 21 heavy (non-hydrogen) atoms. The highest BCUT2D eigenvalue weighted by molar-refractivity contribution is 7.98. The lowest BCUT2D eigenvalue weighted by molar-refractivity contribution is -0.463. The maximum atomic E-state index is 10.5. The van der Waals surface area contributed by atoms with Gasteiger partial charge in [0.05, 0.1) is 24.5 Å². The number of thioether (sulfide) groups is 1. The van der Waals surface area contributed by atoms with Crippen molar-refractivity contribution in [1.29, 1.82) is 0 Å². The first-order valence-electron chi connectivity index (χ1n) is 6.23. The van der Waals surface area contributed by atoms with Crippen LogP contribution in [-0.4, -0.2) is 41.1 Å². The fourth-order valence-electron chi connectivity index (χ4n) is 1.42. The largest absolute Gasteiger partial charge is 0.397 e. The molecule has 3 N–H and O–H groups in total. The van der Waals surface area contributed by atoms with Gasteiger partial charge in [0.2, 0.25) is 0 Å². The van der Waals surface area contributed by atoms with Gasteiger partial charge in [-0.25, -0.2) is 0 Å². The van der Waals surface area contributed by atoms with E-state index in [1.807, 2.05) is 0 Å². The summed E-state index contributed by atoms with van der Waals surface area (Å²) in [6, 6.07) is 3.59. The monoisotopic (exact) mass is 307 g/mol. The van der Waals surface area contributed by atoms with E-state index in [4.69, 9.17) is 12.2 Å². The molecule has 1 aromatic heterocycles. The van der Waals surface area contributed by atoms with E-state index in [9.17, 15) is 10.1 Å². The van der Waals surface area contributed by atoms with E-state index in [1.165, 1.54) is 0 Å². The topological polar surface area (TPSA) is 106 Å². The Hall–Kier alpha value is -2.27. The van der Waals surface area contributed by atoms with Crippen molar-refractivity contribution in [3.8, 4) is 12.3 Å². The third-order valence-electron chi connectivity index (χ3n) is 2.38. The van der Waals surface area contributed by atoms with Crippen LogP contribution < -0.4 is 11.1 Å². The van der Waals surface area contributed by atoms with Gasteiger partial charge in [-0.2, -0.15) is 11.8 Å². The average molecular weight is 307 g/mol. The molecular weight excluding hydrogens is 290 g/mol. The van der Waals surface area contributed by atoms with Gasteiger partial charge in [-0.3, -0.25) is 20.1 Å². The number of rotatable bonds is 8. The Bertz CT molecular complexity index is 542. The van der Waals surface area contributed by atoms with E-state index in [0.717, 1.165) is 11.4 Å². The van der Waals surface area contributed by atoms with Crippen LogP contribution in [0.4, 0.5) is 5.69 Å². The van der Waals surface area contributed by atoms with Gasteiger partial charge in [-0.05, 0) is 12.1 Å².